The van der Waals surface area contributed by atoms with Gasteiger partial charge in [-0.05, 0) is 34.4 Å². The van der Waals surface area contributed by atoms with Crippen LogP contribution in [0.15, 0.2) is 42.5 Å². The van der Waals surface area contributed by atoms with Crippen LogP contribution in [0.3, 0.4) is 0 Å². The standard InChI is InChI=1S/C15H11ClO/c16-12-8-7-11-6-5-10-3-1-2-4-13(10)15(17)14(11)9-12/h1-9,15,17H/t15-/m0/s1. The minimum absolute atomic E-state index is 0.616. The van der Waals surface area contributed by atoms with Crippen molar-refractivity contribution in [3.8, 4) is 0 Å². The van der Waals surface area contributed by atoms with E-state index in [1.54, 1.807) is 0 Å². The maximum atomic E-state index is 10.4. The molecule has 2 aromatic carbocycles. The van der Waals surface area contributed by atoms with Gasteiger partial charge in [0.15, 0.2) is 0 Å². The van der Waals surface area contributed by atoms with Crippen molar-refractivity contribution in [2.75, 3.05) is 0 Å². The zero-order valence-electron chi connectivity index (χ0n) is 9.10. The first-order valence-corrected chi connectivity index (χ1v) is 5.88. The molecule has 0 spiro atoms. The van der Waals surface area contributed by atoms with Crippen molar-refractivity contribution in [1.82, 2.24) is 0 Å². The third-order valence-electron chi connectivity index (χ3n) is 3.08. The van der Waals surface area contributed by atoms with E-state index in [2.05, 4.69) is 0 Å². The zero-order chi connectivity index (χ0) is 11.8. The highest BCUT2D eigenvalue weighted by Crippen LogP contribution is 2.33. The number of hydrogen-bond donors (Lipinski definition) is 1. The van der Waals surface area contributed by atoms with Crippen molar-refractivity contribution in [3.63, 3.8) is 0 Å². The maximum absolute atomic E-state index is 10.4. The Kier molecular flexibility index (Phi) is 2.50. The molecule has 1 atom stereocenters. The summed E-state index contributed by atoms with van der Waals surface area (Å²) in [6.07, 6.45) is 3.42. The number of aliphatic hydroxyl groups is 1. The van der Waals surface area contributed by atoms with E-state index < -0.39 is 6.10 Å². The first-order valence-electron chi connectivity index (χ1n) is 5.50. The lowest BCUT2D eigenvalue weighted by atomic mass is 9.97. The minimum atomic E-state index is -0.616. The second-order valence-corrected chi connectivity index (χ2v) is 4.57. The van der Waals surface area contributed by atoms with Crippen LogP contribution in [0, 0.1) is 0 Å². The smallest absolute Gasteiger partial charge is 0.105 e. The molecule has 0 saturated carbocycles. The van der Waals surface area contributed by atoms with Crippen LogP contribution in [0.4, 0.5) is 0 Å². The SMILES string of the molecule is O[C@H]1c2ccccc2C=Cc2ccc(Cl)cc21. The molecule has 1 aliphatic carbocycles. The topological polar surface area (TPSA) is 20.2 Å². The van der Waals surface area contributed by atoms with Gasteiger partial charge in [-0.25, -0.2) is 0 Å². The fourth-order valence-corrected chi connectivity index (χ4v) is 2.37. The first-order chi connectivity index (χ1) is 8.25. The normalized spacial score (nSPS) is 17.2. The van der Waals surface area contributed by atoms with Gasteiger partial charge in [0, 0.05) is 5.02 Å². The second-order valence-electron chi connectivity index (χ2n) is 4.14. The van der Waals surface area contributed by atoms with Crippen molar-refractivity contribution in [2.24, 2.45) is 0 Å². The minimum Gasteiger partial charge on any atom is -0.384 e. The van der Waals surface area contributed by atoms with Crippen LogP contribution in [0.5, 0.6) is 0 Å². The fourth-order valence-electron chi connectivity index (χ4n) is 2.19. The molecule has 0 fully saturated rings. The Hall–Kier alpha value is -1.57. The van der Waals surface area contributed by atoms with Gasteiger partial charge >= 0.3 is 0 Å². The Labute approximate surface area is 105 Å². The van der Waals surface area contributed by atoms with E-state index in [1.165, 1.54) is 0 Å². The molecule has 2 heteroatoms. The predicted octanol–water partition coefficient (Wildman–Crippen LogP) is 3.91. The average molecular weight is 243 g/mol. The van der Waals surface area contributed by atoms with Crippen LogP contribution in [0.25, 0.3) is 12.2 Å². The Bertz CT molecular complexity index is 602. The molecule has 0 heterocycles. The number of benzene rings is 2. The quantitative estimate of drug-likeness (QED) is 0.743. The molecular weight excluding hydrogens is 232 g/mol. The molecular formula is C15H11ClO. The number of hydrogen-bond acceptors (Lipinski definition) is 1. The molecule has 17 heavy (non-hydrogen) atoms. The van der Waals surface area contributed by atoms with Crippen LogP contribution in [0.2, 0.25) is 5.02 Å². The van der Waals surface area contributed by atoms with Crippen molar-refractivity contribution < 1.29 is 5.11 Å². The molecule has 2 aromatic rings. The highest BCUT2D eigenvalue weighted by Gasteiger charge is 2.18. The van der Waals surface area contributed by atoms with Crippen LogP contribution in [-0.4, -0.2) is 5.11 Å². The number of halogens is 1. The first kappa shape index (κ1) is 10.6. The molecule has 0 amide bonds. The Morgan fingerprint density at radius 3 is 2.41 bits per heavy atom. The summed E-state index contributed by atoms with van der Waals surface area (Å²) in [4.78, 5) is 0. The van der Waals surface area contributed by atoms with Gasteiger partial charge in [-0.3, -0.25) is 0 Å². The fraction of sp³-hybridized carbons (Fsp3) is 0.0667. The highest BCUT2D eigenvalue weighted by molar-refractivity contribution is 6.30. The number of fused-ring (bicyclic) bond motifs is 2. The van der Waals surface area contributed by atoms with Gasteiger partial charge < -0.3 is 5.11 Å². The van der Waals surface area contributed by atoms with E-state index in [1.807, 2.05) is 54.6 Å². The number of aliphatic hydroxyl groups excluding tert-OH is 1. The summed E-state index contributed by atoms with van der Waals surface area (Å²) in [6, 6.07) is 13.5. The Balaban J connectivity index is 2.25. The second kappa shape index (κ2) is 4.02. The average Bonchev–Trinajstić information content (AvgIpc) is 2.49. The molecule has 0 saturated heterocycles. The Morgan fingerprint density at radius 2 is 1.59 bits per heavy atom. The van der Waals surface area contributed by atoms with E-state index >= 15 is 0 Å². The Morgan fingerprint density at radius 1 is 0.882 bits per heavy atom. The zero-order valence-corrected chi connectivity index (χ0v) is 9.85. The van der Waals surface area contributed by atoms with Crippen molar-refractivity contribution >= 4 is 23.8 Å². The molecule has 1 nitrogen and oxygen atoms in total. The lowest BCUT2D eigenvalue weighted by molar-refractivity contribution is 0.220. The molecule has 0 aromatic heterocycles. The van der Waals surface area contributed by atoms with Gasteiger partial charge in [0.25, 0.3) is 0 Å². The summed E-state index contributed by atoms with van der Waals surface area (Å²) >= 11 is 5.99. The van der Waals surface area contributed by atoms with E-state index in [4.69, 9.17) is 11.6 Å². The lowest BCUT2D eigenvalue weighted by Gasteiger charge is -2.14. The van der Waals surface area contributed by atoms with Crippen LogP contribution in [-0.2, 0) is 0 Å². The molecule has 0 radical (unpaired) electrons. The van der Waals surface area contributed by atoms with Crippen molar-refractivity contribution in [3.05, 3.63) is 69.7 Å². The van der Waals surface area contributed by atoms with E-state index in [-0.39, 0.29) is 0 Å². The van der Waals surface area contributed by atoms with E-state index in [0.717, 1.165) is 22.3 Å². The van der Waals surface area contributed by atoms with Crippen LogP contribution < -0.4 is 0 Å². The van der Waals surface area contributed by atoms with Crippen LogP contribution >= 0.6 is 11.6 Å². The van der Waals surface area contributed by atoms with E-state index in [0.29, 0.717) is 5.02 Å². The van der Waals surface area contributed by atoms with Gasteiger partial charge in [0.2, 0.25) is 0 Å². The molecule has 0 bridgehead atoms. The largest absolute Gasteiger partial charge is 0.384 e. The molecule has 1 aliphatic rings. The number of rotatable bonds is 0. The lowest BCUT2D eigenvalue weighted by Crippen LogP contribution is -2.02. The molecule has 3 rings (SSSR count). The van der Waals surface area contributed by atoms with Gasteiger partial charge in [-0.15, -0.1) is 0 Å². The van der Waals surface area contributed by atoms with Gasteiger partial charge in [-0.1, -0.05) is 54.1 Å². The van der Waals surface area contributed by atoms with Crippen LogP contribution in [0.1, 0.15) is 28.4 Å². The van der Waals surface area contributed by atoms with Crippen molar-refractivity contribution in [1.29, 1.82) is 0 Å². The van der Waals surface area contributed by atoms with Gasteiger partial charge in [0.1, 0.15) is 6.10 Å². The maximum Gasteiger partial charge on any atom is 0.105 e. The molecule has 0 aliphatic heterocycles. The van der Waals surface area contributed by atoms with E-state index in [9.17, 15) is 5.11 Å². The molecule has 84 valence electrons. The summed E-state index contributed by atoms with van der Waals surface area (Å²) in [7, 11) is 0. The third kappa shape index (κ3) is 1.78. The summed E-state index contributed by atoms with van der Waals surface area (Å²) in [5.74, 6) is 0. The van der Waals surface area contributed by atoms with Crippen molar-refractivity contribution in [2.45, 2.75) is 6.10 Å². The predicted molar refractivity (Wildman–Crippen MR) is 70.9 cm³/mol. The summed E-state index contributed by atoms with van der Waals surface area (Å²) < 4.78 is 0. The van der Waals surface area contributed by atoms with Gasteiger partial charge in [-0.2, -0.15) is 0 Å². The molecule has 1 N–H and O–H groups in total. The monoisotopic (exact) mass is 242 g/mol. The third-order valence-corrected chi connectivity index (χ3v) is 3.31. The van der Waals surface area contributed by atoms with Gasteiger partial charge in [0.05, 0.1) is 0 Å². The highest BCUT2D eigenvalue weighted by atomic mass is 35.5. The molecule has 0 unspecified atom stereocenters. The summed E-state index contributed by atoms with van der Waals surface area (Å²) in [5.41, 5.74) is 3.84. The summed E-state index contributed by atoms with van der Waals surface area (Å²) in [6.45, 7) is 0. The summed E-state index contributed by atoms with van der Waals surface area (Å²) in [5, 5.41) is 11.1.